The van der Waals surface area contributed by atoms with Gasteiger partial charge in [-0.05, 0) is 12.8 Å². The zero-order valence-corrected chi connectivity index (χ0v) is 10.6. The highest BCUT2D eigenvalue weighted by Crippen LogP contribution is 2.25. The van der Waals surface area contributed by atoms with Gasteiger partial charge in [0.2, 0.25) is 0 Å². The molecule has 0 aliphatic carbocycles. The minimum Gasteiger partial charge on any atom is -0.477 e. The summed E-state index contributed by atoms with van der Waals surface area (Å²) in [5.41, 5.74) is 0.684. The van der Waals surface area contributed by atoms with Crippen molar-refractivity contribution in [2.24, 2.45) is 0 Å². The van der Waals surface area contributed by atoms with Gasteiger partial charge >= 0.3 is 5.97 Å². The quantitative estimate of drug-likeness (QED) is 0.780. The molecule has 0 spiro atoms. The molecule has 0 saturated heterocycles. The standard InChI is InChI=1S/C11H17NO3S/c1-4-15-6-5-8-12-9(7(2)3)10(16-8)11(13)14/h7H,4-6H2,1-3H3,(H,13,14). The first-order valence-corrected chi connectivity index (χ1v) is 6.18. The molecule has 1 heterocycles. The van der Waals surface area contributed by atoms with E-state index in [-0.39, 0.29) is 5.92 Å². The molecule has 1 rings (SSSR count). The summed E-state index contributed by atoms with van der Waals surface area (Å²) in [5.74, 6) is -0.743. The lowest BCUT2D eigenvalue weighted by atomic mass is 10.1. The maximum absolute atomic E-state index is 11.0. The van der Waals surface area contributed by atoms with Crippen LogP contribution in [-0.2, 0) is 11.2 Å². The number of aromatic carboxylic acids is 1. The molecule has 0 atom stereocenters. The van der Waals surface area contributed by atoms with Crippen LogP contribution in [0, 0.1) is 0 Å². The van der Waals surface area contributed by atoms with Crippen molar-refractivity contribution in [2.45, 2.75) is 33.1 Å². The van der Waals surface area contributed by atoms with Crippen molar-refractivity contribution in [2.75, 3.05) is 13.2 Å². The molecule has 0 fully saturated rings. The van der Waals surface area contributed by atoms with Gasteiger partial charge < -0.3 is 9.84 Å². The lowest BCUT2D eigenvalue weighted by Crippen LogP contribution is -2.00. The predicted octanol–water partition coefficient (Wildman–Crippen LogP) is 2.54. The first-order valence-electron chi connectivity index (χ1n) is 5.36. The van der Waals surface area contributed by atoms with Gasteiger partial charge in [0.05, 0.1) is 17.3 Å². The average Bonchev–Trinajstić information content (AvgIpc) is 2.62. The molecule has 1 aromatic heterocycles. The van der Waals surface area contributed by atoms with Gasteiger partial charge in [-0.15, -0.1) is 11.3 Å². The van der Waals surface area contributed by atoms with Crippen LogP contribution >= 0.6 is 11.3 Å². The number of carboxylic acid groups (broad SMARTS) is 1. The van der Waals surface area contributed by atoms with Gasteiger partial charge in [0.15, 0.2) is 0 Å². The molecule has 0 aliphatic heterocycles. The lowest BCUT2D eigenvalue weighted by molar-refractivity contribution is 0.0700. The Bertz CT molecular complexity index is 360. The highest BCUT2D eigenvalue weighted by Gasteiger charge is 2.19. The summed E-state index contributed by atoms with van der Waals surface area (Å²) in [6, 6.07) is 0. The maximum atomic E-state index is 11.0. The molecule has 0 saturated carbocycles. The highest BCUT2D eigenvalue weighted by molar-refractivity contribution is 7.13. The Hall–Kier alpha value is -0.940. The van der Waals surface area contributed by atoms with Crippen LogP contribution in [-0.4, -0.2) is 29.3 Å². The summed E-state index contributed by atoms with van der Waals surface area (Å²) in [4.78, 5) is 15.7. The van der Waals surface area contributed by atoms with Crippen LogP contribution in [0.4, 0.5) is 0 Å². The molecular formula is C11H17NO3S. The summed E-state index contributed by atoms with van der Waals surface area (Å²) in [6.45, 7) is 7.11. The SMILES string of the molecule is CCOCCc1nc(C(C)C)c(C(=O)O)s1. The first kappa shape index (κ1) is 13.1. The van der Waals surface area contributed by atoms with Crippen LogP contribution in [0.5, 0.6) is 0 Å². The number of thiazole rings is 1. The Kier molecular flexibility index (Phi) is 4.89. The van der Waals surface area contributed by atoms with Gasteiger partial charge in [-0.2, -0.15) is 0 Å². The molecule has 0 aliphatic rings. The molecule has 4 nitrogen and oxygen atoms in total. The minimum atomic E-state index is -0.885. The number of hydrogen-bond donors (Lipinski definition) is 1. The first-order chi connectivity index (χ1) is 7.56. The largest absolute Gasteiger partial charge is 0.477 e. The predicted molar refractivity (Wildman–Crippen MR) is 63.4 cm³/mol. The van der Waals surface area contributed by atoms with Crippen LogP contribution in [0.15, 0.2) is 0 Å². The zero-order chi connectivity index (χ0) is 12.1. The van der Waals surface area contributed by atoms with Crippen molar-refractivity contribution in [1.82, 2.24) is 4.98 Å². The number of aromatic nitrogens is 1. The normalized spacial score (nSPS) is 11.0. The second-order valence-corrected chi connectivity index (χ2v) is 4.81. The van der Waals surface area contributed by atoms with E-state index in [4.69, 9.17) is 9.84 Å². The molecule has 1 aromatic rings. The van der Waals surface area contributed by atoms with Crippen molar-refractivity contribution >= 4 is 17.3 Å². The second-order valence-electron chi connectivity index (χ2n) is 3.73. The maximum Gasteiger partial charge on any atom is 0.347 e. The van der Waals surface area contributed by atoms with Gasteiger partial charge in [-0.25, -0.2) is 9.78 Å². The summed E-state index contributed by atoms with van der Waals surface area (Å²) in [6.07, 6.45) is 0.686. The summed E-state index contributed by atoms with van der Waals surface area (Å²) in [5, 5.41) is 9.88. The molecule has 0 radical (unpaired) electrons. The van der Waals surface area contributed by atoms with E-state index >= 15 is 0 Å². The Balaban J connectivity index is 2.80. The van der Waals surface area contributed by atoms with Crippen molar-refractivity contribution in [1.29, 1.82) is 0 Å². The fourth-order valence-electron chi connectivity index (χ4n) is 1.33. The van der Waals surface area contributed by atoms with Crippen LogP contribution < -0.4 is 0 Å². The molecule has 0 amide bonds. The van der Waals surface area contributed by atoms with Crippen molar-refractivity contribution in [3.05, 3.63) is 15.6 Å². The van der Waals surface area contributed by atoms with E-state index < -0.39 is 5.97 Å². The van der Waals surface area contributed by atoms with Gasteiger partial charge in [0, 0.05) is 13.0 Å². The van der Waals surface area contributed by atoms with Crippen LogP contribution in [0.25, 0.3) is 0 Å². The number of nitrogens with zero attached hydrogens (tertiary/aromatic N) is 1. The number of carbonyl (C=O) groups is 1. The third kappa shape index (κ3) is 3.28. The summed E-state index contributed by atoms with van der Waals surface area (Å²) >= 11 is 1.26. The van der Waals surface area contributed by atoms with Crippen LogP contribution in [0.3, 0.4) is 0 Å². The minimum absolute atomic E-state index is 0.142. The third-order valence-corrected chi connectivity index (χ3v) is 3.22. The van der Waals surface area contributed by atoms with E-state index in [1.54, 1.807) is 0 Å². The fraction of sp³-hybridized carbons (Fsp3) is 0.636. The van der Waals surface area contributed by atoms with Crippen LogP contribution in [0.2, 0.25) is 0 Å². The fourth-order valence-corrected chi connectivity index (χ4v) is 2.37. The van der Waals surface area contributed by atoms with Crippen molar-refractivity contribution in [3.63, 3.8) is 0 Å². The number of hydrogen-bond acceptors (Lipinski definition) is 4. The van der Waals surface area contributed by atoms with Gasteiger partial charge in [0.1, 0.15) is 4.88 Å². The molecule has 0 unspecified atom stereocenters. The van der Waals surface area contributed by atoms with Gasteiger partial charge in [-0.1, -0.05) is 13.8 Å². The molecule has 1 N–H and O–H groups in total. The lowest BCUT2D eigenvalue weighted by Gasteiger charge is -2.00. The van der Waals surface area contributed by atoms with E-state index in [0.29, 0.717) is 30.2 Å². The van der Waals surface area contributed by atoms with E-state index in [2.05, 4.69) is 4.98 Å². The molecule has 5 heteroatoms. The second kappa shape index (κ2) is 5.96. The average molecular weight is 243 g/mol. The topological polar surface area (TPSA) is 59.4 Å². The Morgan fingerprint density at radius 1 is 1.56 bits per heavy atom. The molecule has 90 valence electrons. The van der Waals surface area contributed by atoms with E-state index in [1.165, 1.54) is 11.3 Å². The van der Waals surface area contributed by atoms with E-state index in [0.717, 1.165) is 5.01 Å². The Labute approximate surface area is 99.3 Å². The van der Waals surface area contributed by atoms with E-state index in [9.17, 15) is 4.79 Å². The van der Waals surface area contributed by atoms with Gasteiger partial charge in [0.25, 0.3) is 0 Å². The molecule has 0 aromatic carbocycles. The third-order valence-electron chi connectivity index (χ3n) is 2.10. The van der Waals surface area contributed by atoms with E-state index in [1.807, 2.05) is 20.8 Å². The van der Waals surface area contributed by atoms with Gasteiger partial charge in [-0.3, -0.25) is 0 Å². The molecular weight excluding hydrogens is 226 g/mol. The number of rotatable bonds is 6. The molecule has 0 bridgehead atoms. The Morgan fingerprint density at radius 2 is 2.25 bits per heavy atom. The molecule has 16 heavy (non-hydrogen) atoms. The monoisotopic (exact) mass is 243 g/mol. The Morgan fingerprint density at radius 3 is 2.69 bits per heavy atom. The number of carboxylic acids is 1. The zero-order valence-electron chi connectivity index (χ0n) is 9.82. The smallest absolute Gasteiger partial charge is 0.347 e. The van der Waals surface area contributed by atoms with Crippen molar-refractivity contribution in [3.8, 4) is 0 Å². The summed E-state index contributed by atoms with van der Waals surface area (Å²) < 4.78 is 5.23. The number of ether oxygens (including phenoxy) is 1. The van der Waals surface area contributed by atoms with Crippen molar-refractivity contribution < 1.29 is 14.6 Å². The highest BCUT2D eigenvalue weighted by atomic mass is 32.1. The van der Waals surface area contributed by atoms with Crippen LogP contribution in [0.1, 0.15) is 47.1 Å². The summed E-state index contributed by atoms with van der Waals surface area (Å²) in [7, 11) is 0.